The first kappa shape index (κ1) is 9.56. The summed E-state index contributed by atoms with van der Waals surface area (Å²) in [6.45, 7) is 0. The van der Waals surface area contributed by atoms with Crippen molar-refractivity contribution in [3.8, 4) is 0 Å². The quantitative estimate of drug-likeness (QED) is 0.544. The van der Waals surface area contributed by atoms with E-state index < -0.39 is 11.6 Å². The predicted octanol–water partition coefficient (Wildman–Crippen LogP) is 1.13. The largest absolute Gasteiger partial charge is 0.392 e. The van der Waals surface area contributed by atoms with Crippen molar-refractivity contribution in [2.24, 2.45) is 16.8 Å². The predicted molar refractivity (Wildman–Crippen MR) is 53.1 cm³/mol. The van der Waals surface area contributed by atoms with E-state index >= 15 is 0 Å². The van der Waals surface area contributed by atoms with Crippen molar-refractivity contribution < 1.29 is 5.11 Å². The van der Waals surface area contributed by atoms with E-state index in [4.69, 9.17) is 23.2 Å². The summed E-state index contributed by atoms with van der Waals surface area (Å²) in [4.78, 5) is 3.98. The molecule has 0 aromatic carbocycles. The van der Waals surface area contributed by atoms with E-state index in [1.165, 1.54) is 6.34 Å². The number of aliphatic imine (C=N–C) groups is 1. The van der Waals surface area contributed by atoms with Crippen LogP contribution in [-0.4, -0.2) is 28.6 Å². The van der Waals surface area contributed by atoms with Crippen molar-refractivity contribution in [2.45, 2.75) is 29.9 Å². The van der Waals surface area contributed by atoms with Crippen LogP contribution < -0.4 is 5.32 Å². The van der Waals surface area contributed by atoms with Crippen molar-refractivity contribution >= 4 is 29.5 Å². The molecule has 0 amide bonds. The molecule has 2 N–H and O–H groups in total. The van der Waals surface area contributed by atoms with Gasteiger partial charge in [0, 0.05) is 0 Å². The van der Waals surface area contributed by atoms with Gasteiger partial charge in [0.25, 0.3) is 0 Å². The molecule has 0 spiro atoms. The molecule has 0 aromatic rings. The van der Waals surface area contributed by atoms with E-state index in [2.05, 4.69) is 10.3 Å². The minimum absolute atomic E-state index is 0.180. The lowest BCUT2D eigenvalue weighted by atomic mass is 9.97. The van der Waals surface area contributed by atoms with Gasteiger partial charge in [-0.3, -0.25) is 4.99 Å². The topological polar surface area (TPSA) is 44.6 Å². The van der Waals surface area contributed by atoms with Crippen LogP contribution in [0.25, 0.3) is 0 Å². The number of aliphatic hydroxyl groups excluding tert-OH is 1. The zero-order valence-corrected chi connectivity index (χ0v) is 8.54. The highest BCUT2D eigenvalue weighted by Gasteiger charge is 2.42. The van der Waals surface area contributed by atoms with Gasteiger partial charge < -0.3 is 10.4 Å². The standard InChI is InChI=1S/C8H12Cl2N2O/c9-7-5(6(13)4-1-2-4)8(10)12-3-11-7/h3-8,13H,1-2H2,(H,11,12). The van der Waals surface area contributed by atoms with Gasteiger partial charge in [0.2, 0.25) is 0 Å². The Morgan fingerprint density at radius 2 is 2.15 bits per heavy atom. The van der Waals surface area contributed by atoms with E-state index in [1.54, 1.807) is 0 Å². The van der Waals surface area contributed by atoms with Gasteiger partial charge in [-0.05, 0) is 18.8 Å². The van der Waals surface area contributed by atoms with Crippen LogP contribution in [0.5, 0.6) is 0 Å². The highest BCUT2D eigenvalue weighted by molar-refractivity contribution is 6.25. The third-order valence-electron chi connectivity index (χ3n) is 2.61. The van der Waals surface area contributed by atoms with Crippen LogP contribution in [0.4, 0.5) is 0 Å². The molecule has 4 unspecified atom stereocenters. The van der Waals surface area contributed by atoms with Gasteiger partial charge in [-0.15, -0.1) is 0 Å². The molecule has 1 aliphatic carbocycles. The molecule has 13 heavy (non-hydrogen) atoms. The lowest BCUT2D eigenvalue weighted by Crippen LogP contribution is -2.46. The summed E-state index contributed by atoms with van der Waals surface area (Å²) in [5, 5.41) is 12.7. The number of aliphatic hydroxyl groups is 1. The van der Waals surface area contributed by atoms with E-state index in [0.717, 1.165) is 12.8 Å². The lowest BCUT2D eigenvalue weighted by Gasteiger charge is -2.31. The number of hydrogen-bond donors (Lipinski definition) is 2. The van der Waals surface area contributed by atoms with Crippen molar-refractivity contribution in [3.05, 3.63) is 0 Å². The van der Waals surface area contributed by atoms with Gasteiger partial charge in [-0.25, -0.2) is 0 Å². The van der Waals surface area contributed by atoms with Gasteiger partial charge in [0.1, 0.15) is 11.0 Å². The second-order valence-corrected chi connectivity index (χ2v) is 4.54. The van der Waals surface area contributed by atoms with Crippen molar-refractivity contribution in [1.82, 2.24) is 5.32 Å². The van der Waals surface area contributed by atoms with Crippen molar-refractivity contribution in [2.75, 3.05) is 0 Å². The molecule has 74 valence electrons. The molecule has 2 aliphatic rings. The maximum absolute atomic E-state index is 9.87. The van der Waals surface area contributed by atoms with E-state index in [1.807, 2.05) is 0 Å². The Kier molecular flexibility index (Phi) is 2.67. The molecule has 0 aromatic heterocycles. The van der Waals surface area contributed by atoms with Crippen LogP contribution in [0.15, 0.2) is 4.99 Å². The molecule has 3 nitrogen and oxygen atoms in total. The molecule has 1 fully saturated rings. The number of nitrogens with one attached hydrogen (secondary N) is 1. The Morgan fingerprint density at radius 3 is 2.69 bits per heavy atom. The average Bonchev–Trinajstić information content (AvgIpc) is 2.85. The van der Waals surface area contributed by atoms with E-state index in [9.17, 15) is 5.11 Å². The van der Waals surface area contributed by atoms with Crippen LogP contribution in [0.2, 0.25) is 0 Å². The maximum Gasteiger partial charge on any atom is 0.133 e. The van der Waals surface area contributed by atoms with Gasteiger partial charge in [0.15, 0.2) is 0 Å². The van der Waals surface area contributed by atoms with Crippen molar-refractivity contribution in [3.63, 3.8) is 0 Å². The summed E-state index contributed by atoms with van der Waals surface area (Å²) in [5.74, 6) is 0.198. The molecular formula is C8H12Cl2N2O. The van der Waals surface area contributed by atoms with Crippen LogP contribution in [0.3, 0.4) is 0 Å². The molecule has 1 saturated carbocycles. The number of alkyl halides is 2. The molecule has 4 atom stereocenters. The van der Waals surface area contributed by atoms with Crippen LogP contribution in [0, 0.1) is 11.8 Å². The number of rotatable bonds is 2. The average molecular weight is 223 g/mol. The zero-order valence-electron chi connectivity index (χ0n) is 7.03. The highest BCUT2D eigenvalue weighted by atomic mass is 35.5. The smallest absolute Gasteiger partial charge is 0.133 e. The monoisotopic (exact) mass is 222 g/mol. The first-order valence-corrected chi connectivity index (χ1v) is 5.31. The summed E-state index contributed by atoms with van der Waals surface area (Å²) < 4.78 is 0. The normalized spacial score (nSPS) is 41.3. The maximum atomic E-state index is 9.87. The minimum atomic E-state index is -0.421. The highest BCUT2D eigenvalue weighted by Crippen LogP contribution is 2.39. The molecule has 5 heteroatoms. The van der Waals surface area contributed by atoms with Gasteiger partial charge in [-0.1, -0.05) is 23.2 Å². The molecular weight excluding hydrogens is 211 g/mol. The second-order valence-electron chi connectivity index (χ2n) is 3.62. The van der Waals surface area contributed by atoms with Crippen molar-refractivity contribution in [1.29, 1.82) is 0 Å². The molecule has 1 heterocycles. The molecule has 0 radical (unpaired) electrons. The molecule has 0 bridgehead atoms. The second kappa shape index (κ2) is 3.64. The van der Waals surface area contributed by atoms with E-state index in [0.29, 0.717) is 5.92 Å². The number of hydrogen-bond acceptors (Lipinski definition) is 3. The third-order valence-corrected chi connectivity index (χ3v) is 3.43. The first-order chi connectivity index (χ1) is 6.20. The van der Waals surface area contributed by atoms with Crippen LogP contribution in [-0.2, 0) is 0 Å². The van der Waals surface area contributed by atoms with Gasteiger partial charge >= 0.3 is 0 Å². The number of nitrogens with zero attached hydrogens (tertiary/aromatic N) is 1. The summed E-state index contributed by atoms with van der Waals surface area (Å²) in [6, 6.07) is 0. The Hall–Kier alpha value is 0.01000. The van der Waals surface area contributed by atoms with E-state index in [-0.39, 0.29) is 11.4 Å². The first-order valence-electron chi connectivity index (χ1n) is 4.44. The molecule has 2 rings (SSSR count). The Bertz CT molecular complexity index is 220. The summed E-state index contributed by atoms with van der Waals surface area (Å²) in [7, 11) is 0. The molecule has 0 saturated heterocycles. The summed E-state index contributed by atoms with van der Waals surface area (Å²) in [5.41, 5.74) is -0.713. The lowest BCUT2D eigenvalue weighted by molar-refractivity contribution is 0.0783. The Balaban J connectivity index is 2.05. The third kappa shape index (κ3) is 1.92. The van der Waals surface area contributed by atoms with Gasteiger partial charge in [0.05, 0.1) is 18.4 Å². The van der Waals surface area contributed by atoms with Gasteiger partial charge in [-0.2, -0.15) is 0 Å². The Morgan fingerprint density at radius 1 is 1.46 bits per heavy atom. The fraction of sp³-hybridized carbons (Fsp3) is 0.875. The number of halogens is 2. The summed E-state index contributed by atoms with van der Waals surface area (Å²) in [6.07, 6.45) is 3.24. The van der Waals surface area contributed by atoms with Crippen LogP contribution in [0.1, 0.15) is 12.8 Å². The SMILES string of the molecule is OC(C1CC1)C1C(Cl)N=CNC1Cl. The Labute approximate surface area is 87.1 Å². The zero-order chi connectivity index (χ0) is 9.42. The minimum Gasteiger partial charge on any atom is -0.392 e. The summed E-state index contributed by atoms with van der Waals surface area (Å²) >= 11 is 12.0. The fourth-order valence-electron chi connectivity index (χ4n) is 1.62. The van der Waals surface area contributed by atoms with Crippen LogP contribution >= 0.6 is 23.2 Å². The fourth-order valence-corrected chi connectivity index (χ4v) is 2.39. The molecule has 1 aliphatic heterocycles.